The fraction of sp³-hybridized carbons (Fsp3) is 0.294. The molecule has 3 heterocycles. The van der Waals surface area contributed by atoms with Crippen molar-refractivity contribution in [3.8, 4) is 11.5 Å². The van der Waals surface area contributed by atoms with Crippen molar-refractivity contribution in [3.05, 3.63) is 53.6 Å². The Balaban J connectivity index is 1.37. The highest BCUT2D eigenvalue weighted by Gasteiger charge is 2.21. The minimum atomic E-state index is 0.455. The number of aromatic nitrogens is 4. The first kappa shape index (κ1) is 16.0. The smallest absolute Gasteiger partial charge is 0.249 e. The van der Waals surface area contributed by atoms with Crippen molar-refractivity contribution >= 4 is 17.5 Å². The average molecular weight is 357 g/mol. The van der Waals surface area contributed by atoms with E-state index in [1.165, 1.54) is 0 Å². The van der Waals surface area contributed by atoms with Crippen molar-refractivity contribution in [3.63, 3.8) is 0 Å². The standard InChI is InChI=1S/C17H17ClN6O/c18-14-5-2-1-4-13(14)16-22-21-15(25-16)12-23-8-10-24(11-9-23)17-19-6-3-7-20-17/h1-7H,8-12H2. The molecule has 0 amide bonds. The molecule has 1 fully saturated rings. The molecule has 1 aromatic carbocycles. The van der Waals surface area contributed by atoms with Crippen molar-refractivity contribution < 1.29 is 4.42 Å². The van der Waals surface area contributed by atoms with Crippen LogP contribution in [-0.2, 0) is 6.54 Å². The molecule has 0 radical (unpaired) electrons. The molecule has 1 aliphatic heterocycles. The van der Waals surface area contributed by atoms with E-state index in [1.54, 1.807) is 12.4 Å². The number of halogens is 1. The normalized spacial score (nSPS) is 15.5. The fourth-order valence-electron chi connectivity index (χ4n) is 2.81. The van der Waals surface area contributed by atoms with Gasteiger partial charge in [0, 0.05) is 38.6 Å². The summed E-state index contributed by atoms with van der Waals surface area (Å²) >= 11 is 6.18. The third kappa shape index (κ3) is 3.62. The molecule has 8 heteroatoms. The van der Waals surface area contributed by atoms with Gasteiger partial charge in [0.1, 0.15) is 0 Å². The monoisotopic (exact) mass is 356 g/mol. The van der Waals surface area contributed by atoms with Gasteiger partial charge >= 0.3 is 0 Å². The molecule has 0 atom stereocenters. The van der Waals surface area contributed by atoms with Gasteiger partial charge in [0.25, 0.3) is 0 Å². The summed E-state index contributed by atoms with van der Waals surface area (Å²) in [6.45, 7) is 4.15. The molecule has 0 aliphatic carbocycles. The van der Waals surface area contributed by atoms with Crippen LogP contribution in [0.4, 0.5) is 5.95 Å². The second-order valence-electron chi connectivity index (χ2n) is 5.79. The van der Waals surface area contributed by atoms with Crippen LogP contribution in [0.15, 0.2) is 47.1 Å². The molecule has 0 spiro atoms. The van der Waals surface area contributed by atoms with Crippen molar-refractivity contribution in [2.45, 2.75) is 6.54 Å². The van der Waals surface area contributed by atoms with Gasteiger partial charge in [-0.1, -0.05) is 23.7 Å². The minimum Gasteiger partial charge on any atom is -0.419 e. The van der Waals surface area contributed by atoms with Crippen LogP contribution in [0.1, 0.15) is 5.89 Å². The Bertz CT molecular complexity index is 832. The third-order valence-electron chi connectivity index (χ3n) is 4.14. The van der Waals surface area contributed by atoms with Gasteiger partial charge in [0.15, 0.2) is 0 Å². The van der Waals surface area contributed by atoms with E-state index in [0.29, 0.717) is 23.3 Å². The van der Waals surface area contributed by atoms with E-state index >= 15 is 0 Å². The number of hydrogen-bond acceptors (Lipinski definition) is 7. The SMILES string of the molecule is Clc1ccccc1-c1nnc(CN2CCN(c3ncccn3)CC2)o1. The Labute approximate surface area is 150 Å². The molecular formula is C17H17ClN6O. The van der Waals surface area contributed by atoms with Gasteiger partial charge in [-0.25, -0.2) is 9.97 Å². The molecule has 128 valence electrons. The topological polar surface area (TPSA) is 71.2 Å². The van der Waals surface area contributed by atoms with E-state index in [9.17, 15) is 0 Å². The zero-order chi connectivity index (χ0) is 17.1. The zero-order valence-corrected chi connectivity index (χ0v) is 14.3. The average Bonchev–Trinajstić information content (AvgIpc) is 3.12. The van der Waals surface area contributed by atoms with Gasteiger partial charge in [0.2, 0.25) is 17.7 Å². The highest BCUT2D eigenvalue weighted by atomic mass is 35.5. The maximum Gasteiger partial charge on any atom is 0.249 e. The number of rotatable bonds is 4. The van der Waals surface area contributed by atoms with Gasteiger partial charge in [0.05, 0.1) is 17.1 Å². The highest BCUT2D eigenvalue weighted by molar-refractivity contribution is 6.33. The quantitative estimate of drug-likeness (QED) is 0.711. The van der Waals surface area contributed by atoms with Gasteiger partial charge in [-0.15, -0.1) is 10.2 Å². The molecule has 1 aliphatic rings. The van der Waals surface area contributed by atoms with E-state index in [1.807, 2.05) is 30.3 Å². The molecule has 0 bridgehead atoms. The zero-order valence-electron chi connectivity index (χ0n) is 13.5. The maximum absolute atomic E-state index is 6.18. The molecule has 0 unspecified atom stereocenters. The van der Waals surface area contributed by atoms with Crippen LogP contribution in [0, 0.1) is 0 Å². The van der Waals surface area contributed by atoms with Crippen molar-refractivity contribution in [1.82, 2.24) is 25.1 Å². The lowest BCUT2D eigenvalue weighted by atomic mass is 10.2. The lowest BCUT2D eigenvalue weighted by Crippen LogP contribution is -2.46. The predicted octanol–water partition coefficient (Wildman–Crippen LogP) is 2.50. The predicted molar refractivity (Wildman–Crippen MR) is 94.3 cm³/mol. The summed E-state index contributed by atoms with van der Waals surface area (Å²) in [4.78, 5) is 13.1. The first-order chi connectivity index (χ1) is 12.3. The number of anilines is 1. The molecule has 25 heavy (non-hydrogen) atoms. The number of piperazine rings is 1. The highest BCUT2D eigenvalue weighted by Crippen LogP contribution is 2.26. The summed E-state index contributed by atoms with van der Waals surface area (Å²) in [6.07, 6.45) is 3.53. The summed E-state index contributed by atoms with van der Waals surface area (Å²) in [5.74, 6) is 1.83. The van der Waals surface area contributed by atoms with Gasteiger partial charge in [-0.3, -0.25) is 4.90 Å². The molecule has 0 saturated carbocycles. The van der Waals surface area contributed by atoms with E-state index in [0.717, 1.165) is 37.7 Å². The lowest BCUT2D eigenvalue weighted by molar-refractivity contribution is 0.226. The maximum atomic E-state index is 6.18. The van der Waals surface area contributed by atoms with Crippen LogP contribution in [0.25, 0.3) is 11.5 Å². The van der Waals surface area contributed by atoms with Crippen LogP contribution in [0.3, 0.4) is 0 Å². The van der Waals surface area contributed by atoms with Crippen LogP contribution in [0.5, 0.6) is 0 Å². The van der Waals surface area contributed by atoms with E-state index in [2.05, 4.69) is 30.0 Å². The molecule has 2 aromatic heterocycles. The van der Waals surface area contributed by atoms with Gasteiger partial charge in [-0.05, 0) is 18.2 Å². The molecule has 7 nitrogen and oxygen atoms in total. The molecular weight excluding hydrogens is 340 g/mol. The summed E-state index contributed by atoms with van der Waals surface area (Å²) in [7, 11) is 0. The Morgan fingerprint density at radius 3 is 2.48 bits per heavy atom. The molecule has 0 N–H and O–H groups in total. The van der Waals surface area contributed by atoms with Crippen LogP contribution >= 0.6 is 11.6 Å². The summed E-state index contributed by atoms with van der Waals surface area (Å²) in [5.41, 5.74) is 0.758. The van der Waals surface area contributed by atoms with Gasteiger partial charge < -0.3 is 9.32 Å². The first-order valence-electron chi connectivity index (χ1n) is 8.11. The molecule has 1 saturated heterocycles. The van der Waals surface area contributed by atoms with E-state index in [4.69, 9.17) is 16.0 Å². The first-order valence-corrected chi connectivity index (χ1v) is 8.49. The Morgan fingerprint density at radius 1 is 0.960 bits per heavy atom. The molecule has 3 aromatic rings. The van der Waals surface area contributed by atoms with Crippen LogP contribution in [-0.4, -0.2) is 51.2 Å². The summed E-state index contributed by atoms with van der Waals surface area (Å²) in [5, 5.41) is 8.87. The second-order valence-corrected chi connectivity index (χ2v) is 6.20. The van der Waals surface area contributed by atoms with Crippen LogP contribution < -0.4 is 4.90 Å². The molecule has 4 rings (SSSR count). The van der Waals surface area contributed by atoms with Crippen LogP contribution in [0.2, 0.25) is 5.02 Å². The fourth-order valence-corrected chi connectivity index (χ4v) is 3.03. The van der Waals surface area contributed by atoms with Crippen molar-refractivity contribution in [2.24, 2.45) is 0 Å². The summed E-state index contributed by atoms with van der Waals surface area (Å²) < 4.78 is 5.78. The lowest BCUT2D eigenvalue weighted by Gasteiger charge is -2.33. The summed E-state index contributed by atoms with van der Waals surface area (Å²) in [6, 6.07) is 9.28. The number of benzene rings is 1. The third-order valence-corrected chi connectivity index (χ3v) is 4.47. The van der Waals surface area contributed by atoms with E-state index in [-0.39, 0.29) is 0 Å². The van der Waals surface area contributed by atoms with Crippen molar-refractivity contribution in [2.75, 3.05) is 31.1 Å². The Morgan fingerprint density at radius 2 is 1.72 bits per heavy atom. The van der Waals surface area contributed by atoms with Crippen molar-refractivity contribution in [1.29, 1.82) is 0 Å². The minimum absolute atomic E-state index is 0.455. The Hall–Kier alpha value is -2.51. The number of nitrogens with zero attached hydrogens (tertiary/aromatic N) is 6. The van der Waals surface area contributed by atoms with Gasteiger partial charge in [-0.2, -0.15) is 0 Å². The Kier molecular flexibility index (Phi) is 4.58. The van der Waals surface area contributed by atoms with E-state index < -0.39 is 0 Å². The largest absolute Gasteiger partial charge is 0.419 e. The number of hydrogen-bond donors (Lipinski definition) is 0. The second kappa shape index (κ2) is 7.16.